The number of aromatic nitrogens is 1. The zero-order chi connectivity index (χ0) is 18.4. The molecule has 2 N–H and O–H groups in total. The van der Waals surface area contributed by atoms with E-state index in [1.54, 1.807) is 6.92 Å². The van der Waals surface area contributed by atoms with E-state index in [0.29, 0.717) is 21.3 Å². The fourth-order valence-corrected chi connectivity index (χ4v) is 2.83. The number of aryl methyl sites for hydroxylation is 1. The van der Waals surface area contributed by atoms with E-state index in [2.05, 4.69) is 10.3 Å². The molecule has 0 aliphatic rings. The third kappa shape index (κ3) is 5.23. The van der Waals surface area contributed by atoms with Crippen LogP contribution < -0.4 is 10.1 Å². The fourth-order valence-electron chi connectivity index (χ4n) is 1.94. The number of carbonyl (C=O) groups excluding carboxylic acids is 1. The van der Waals surface area contributed by atoms with E-state index in [0.717, 1.165) is 11.3 Å². The molecule has 1 amide bonds. The van der Waals surface area contributed by atoms with Gasteiger partial charge in [-0.25, -0.2) is 14.2 Å². The van der Waals surface area contributed by atoms with E-state index < -0.39 is 18.0 Å². The second-order valence-electron chi connectivity index (χ2n) is 5.04. The molecule has 2 rings (SSSR count). The van der Waals surface area contributed by atoms with Crippen molar-refractivity contribution in [3.8, 4) is 5.75 Å². The molecule has 0 radical (unpaired) electrons. The summed E-state index contributed by atoms with van der Waals surface area (Å²) in [6.45, 7) is 1.67. The summed E-state index contributed by atoms with van der Waals surface area (Å²) in [5.41, 5.74) is 0.518. The molecule has 0 fully saturated rings. The van der Waals surface area contributed by atoms with Crippen molar-refractivity contribution in [2.24, 2.45) is 0 Å². The monoisotopic (exact) mass is 368 g/mol. The van der Waals surface area contributed by atoms with Gasteiger partial charge in [0.1, 0.15) is 28.1 Å². The highest BCUT2D eigenvalue weighted by atomic mass is 32.1. The van der Waals surface area contributed by atoms with Crippen molar-refractivity contribution in [3.63, 3.8) is 0 Å². The van der Waals surface area contributed by atoms with Crippen LogP contribution in [0.2, 0.25) is 0 Å². The van der Waals surface area contributed by atoms with Crippen LogP contribution in [0.25, 0.3) is 0 Å². The number of aliphatic carboxylic acids is 1. The van der Waals surface area contributed by atoms with Crippen LogP contribution in [0.3, 0.4) is 0 Å². The number of nitrogens with one attached hydrogen (secondary N) is 1. The van der Waals surface area contributed by atoms with Gasteiger partial charge in [0.05, 0.1) is 12.2 Å². The van der Waals surface area contributed by atoms with Crippen molar-refractivity contribution in [1.29, 1.82) is 0 Å². The van der Waals surface area contributed by atoms with Crippen LogP contribution in [0.15, 0.2) is 24.3 Å². The van der Waals surface area contributed by atoms with Crippen LogP contribution >= 0.6 is 11.3 Å². The number of carboxylic acids is 1. The highest BCUT2D eigenvalue weighted by molar-refractivity contribution is 7.13. The molecule has 0 bridgehead atoms. The molecule has 1 atom stereocenters. The Morgan fingerprint density at radius 2 is 2.04 bits per heavy atom. The summed E-state index contributed by atoms with van der Waals surface area (Å²) in [5.74, 6) is -1.44. The van der Waals surface area contributed by atoms with E-state index in [-0.39, 0.29) is 19.0 Å². The van der Waals surface area contributed by atoms with Gasteiger partial charge in [-0.15, -0.1) is 11.3 Å². The molecule has 7 nitrogen and oxygen atoms in total. The molecule has 134 valence electrons. The summed E-state index contributed by atoms with van der Waals surface area (Å²) in [6, 6.07) is 5.58. The van der Waals surface area contributed by atoms with Gasteiger partial charge in [0.15, 0.2) is 6.10 Å². The first-order chi connectivity index (χ1) is 11.9. The number of carbonyl (C=O) groups is 2. The Bertz CT molecular complexity index is 747. The van der Waals surface area contributed by atoms with Crippen LogP contribution in [-0.2, 0) is 16.1 Å². The number of methoxy groups -OCH3 is 1. The first-order valence-corrected chi connectivity index (χ1v) is 8.10. The summed E-state index contributed by atoms with van der Waals surface area (Å²) in [5, 5.41) is 12.0. The average molecular weight is 368 g/mol. The number of carboxylic acid groups (broad SMARTS) is 1. The molecular formula is C16H17FN2O5S. The number of thiazole rings is 1. The van der Waals surface area contributed by atoms with Gasteiger partial charge in [0, 0.05) is 7.11 Å². The highest BCUT2D eigenvalue weighted by Gasteiger charge is 2.20. The SMILES string of the molecule is COC(CNC(=O)c1sc(COc2ccc(F)cc2)nc1C)C(=O)O. The first-order valence-electron chi connectivity index (χ1n) is 7.29. The van der Waals surface area contributed by atoms with E-state index in [9.17, 15) is 14.0 Å². The standard InChI is InChI=1S/C16H17FN2O5S/c1-9-14(15(20)18-7-12(23-2)16(21)22)25-13(19-9)8-24-11-5-3-10(17)4-6-11/h3-6,12H,7-8H2,1-2H3,(H,18,20)(H,21,22). The molecule has 0 aliphatic heterocycles. The van der Waals surface area contributed by atoms with Crippen molar-refractivity contribution in [3.05, 3.63) is 45.7 Å². The van der Waals surface area contributed by atoms with Crippen LogP contribution in [0, 0.1) is 12.7 Å². The van der Waals surface area contributed by atoms with Crippen molar-refractivity contribution >= 4 is 23.2 Å². The largest absolute Gasteiger partial charge is 0.486 e. The summed E-state index contributed by atoms with van der Waals surface area (Å²) >= 11 is 1.15. The predicted molar refractivity (Wildman–Crippen MR) is 88.3 cm³/mol. The summed E-state index contributed by atoms with van der Waals surface area (Å²) in [4.78, 5) is 27.7. The maximum atomic E-state index is 12.8. The van der Waals surface area contributed by atoms with Gasteiger partial charge in [0.2, 0.25) is 0 Å². The van der Waals surface area contributed by atoms with Crippen molar-refractivity contribution < 1.29 is 28.6 Å². The molecule has 1 aromatic carbocycles. The van der Waals surface area contributed by atoms with Crippen molar-refractivity contribution in [2.75, 3.05) is 13.7 Å². The highest BCUT2D eigenvalue weighted by Crippen LogP contribution is 2.20. The zero-order valence-electron chi connectivity index (χ0n) is 13.6. The number of hydrogen-bond donors (Lipinski definition) is 2. The van der Waals surface area contributed by atoms with E-state index >= 15 is 0 Å². The number of hydrogen-bond acceptors (Lipinski definition) is 6. The van der Waals surface area contributed by atoms with Crippen LogP contribution in [0.1, 0.15) is 20.4 Å². The minimum Gasteiger partial charge on any atom is -0.486 e. The van der Waals surface area contributed by atoms with Crippen molar-refractivity contribution in [2.45, 2.75) is 19.6 Å². The molecule has 0 saturated carbocycles. The molecule has 0 saturated heterocycles. The molecule has 25 heavy (non-hydrogen) atoms. The molecule has 1 aromatic heterocycles. The Kier molecular flexibility index (Phi) is 6.43. The average Bonchev–Trinajstić information content (AvgIpc) is 2.95. The van der Waals surface area contributed by atoms with Gasteiger partial charge in [-0.3, -0.25) is 4.79 Å². The number of ether oxygens (including phenoxy) is 2. The topological polar surface area (TPSA) is 97.8 Å². The number of benzene rings is 1. The second-order valence-corrected chi connectivity index (χ2v) is 6.12. The van der Waals surface area contributed by atoms with Gasteiger partial charge >= 0.3 is 5.97 Å². The molecule has 0 aliphatic carbocycles. The Morgan fingerprint density at radius 1 is 1.36 bits per heavy atom. The summed E-state index contributed by atoms with van der Waals surface area (Å²) in [6.07, 6.45) is -1.11. The maximum Gasteiger partial charge on any atom is 0.334 e. The maximum absolute atomic E-state index is 12.8. The van der Waals surface area contributed by atoms with Gasteiger partial charge in [-0.1, -0.05) is 0 Å². The third-order valence-electron chi connectivity index (χ3n) is 3.23. The predicted octanol–water partition coefficient (Wildman–Crippen LogP) is 2.00. The Hall–Kier alpha value is -2.52. The number of nitrogens with zero attached hydrogens (tertiary/aromatic N) is 1. The summed E-state index contributed by atoms with van der Waals surface area (Å²) < 4.78 is 23.1. The lowest BCUT2D eigenvalue weighted by Crippen LogP contribution is -2.37. The van der Waals surface area contributed by atoms with Gasteiger partial charge in [-0.2, -0.15) is 0 Å². The zero-order valence-corrected chi connectivity index (χ0v) is 14.4. The molecule has 0 spiro atoms. The second kappa shape index (κ2) is 8.54. The molecule has 1 unspecified atom stereocenters. The molecule has 9 heteroatoms. The lowest BCUT2D eigenvalue weighted by molar-refractivity contribution is -0.148. The van der Waals surface area contributed by atoms with Gasteiger partial charge in [0.25, 0.3) is 5.91 Å². The quantitative estimate of drug-likeness (QED) is 0.740. The Labute approximate surface area is 147 Å². The number of amides is 1. The van der Waals surface area contributed by atoms with Crippen LogP contribution in [-0.4, -0.2) is 41.7 Å². The Morgan fingerprint density at radius 3 is 2.64 bits per heavy atom. The summed E-state index contributed by atoms with van der Waals surface area (Å²) in [7, 11) is 1.26. The first kappa shape index (κ1) is 18.8. The minimum atomic E-state index is -1.16. The fraction of sp³-hybridized carbons (Fsp3) is 0.312. The van der Waals surface area contributed by atoms with Crippen LogP contribution in [0.5, 0.6) is 5.75 Å². The number of rotatable bonds is 8. The normalized spacial score (nSPS) is 11.8. The lowest BCUT2D eigenvalue weighted by atomic mass is 10.3. The van der Waals surface area contributed by atoms with Gasteiger partial charge < -0.3 is 19.9 Å². The van der Waals surface area contributed by atoms with E-state index in [1.165, 1.54) is 31.4 Å². The van der Waals surface area contributed by atoms with Crippen LogP contribution in [0.4, 0.5) is 4.39 Å². The molecule has 2 aromatic rings. The lowest BCUT2D eigenvalue weighted by Gasteiger charge is -2.10. The molecule has 1 heterocycles. The minimum absolute atomic E-state index is 0.139. The van der Waals surface area contributed by atoms with E-state index in [1.807, 2.05) is 0 Å². The van der Waals surface area contributed by atoms with Crippen molar-refractivity contribution in [1.82, 2.24) is 10.3 Å². The number of halogens is 1. The van der Waals surface area contributed by atoms with E-state index in [4.69, 9.17) is 14.6 Å². The third-order valence-corrected chi connectivity index (χ3v) is 4.36. The molecular weight excluding hydrogens is 351 g/mol. The Balaban J connectivity index is 1.95. The smallest absolute Gasteiger partial charge is 0.334 e. The van der Waals surface area contributed by atoms with Gasteiger partial charge in [-0.05, 0) is 31.2 Å².